The number of pyridine rings is 1. The van der Waals surface area contributed by atoms with Gasteiger partial charge in [-0.2, -0.15) is 0 Å². The zero-order chi connectivity index (χ0) is 9.14. The van der Waals surface area contributed by atoms with Gasteiger partial charge in [0.15, 0.2) is 0 Å². The molecule has 0 radical (unpaired) electrons. The highest BCUT2D eigenvalue weighted by Crippen LogP contribution is 2.18. The molecule has 0 aliphatic carbocycles. The van der Waals surface area contributed by atoms with Gasteiger partial charge in [0.1, 0.15) is 10.9 Å². The quantitative estimate of drug-likeness (QED) is 0.692. The van der Waals surface area contributed by atoms with Crippen molar-refractivity contribution in [3.63, 3.8) is 0 Å². The summed E-state index contributed by atoms with van der Waals surface area (Å²) in [5, 5.41) is 0.831. The summed E-state index contributed by atoms with van der Waals surface area (Å²) in [5.41, 5.74) is 0.716. The van der Waals surface area contributed by atoms with E-state index in [1.807, 2.05) is 0 Å². The van der Waals surface area contributed by atoms with Crippen molar-refractivity contribution in [1.29, 1.82) is 0 Å². The van der Waals surface area contributed by atoms with Crippen molar-refractivity contribution in [2.24, 2.45) is 0 Å². The lowest BCUT2D eigenvalue weighted by atomic mass is 10.1. The van der Waals surface area contributed by atoms with Crippen LogP contribution in [-0.4, -0.2) is 10.8 Å². The Labute approximate surface area is 80.5 Å². The van der Waals surface area contributed by atoms with E-state index >= 15 is 0 Å². The molecule has 0 atom stereocenters. The normalized spacial score (nSPS) is 9.92. The zero-order valence-corrected chi connectivity index (χ0v) is 7.99. The number of aromatic nitrogens is 1. The minimum Gasteiger partial charge on any atom is -0.300 e. The summed E-state index contributed by atoms with van der Waals surface area (Å²) in [6, 6.07) is 1.53. The molecular weight excluding hydrogens is 197 g/mol. The number of carbonyl (C=O) groups is 1. The molecule has 0 spiro atoms. The molecule has 0 bridgehead atoms. The van der Waals surface area contributed by atoms with Crippen molar-refractivity contribution in [1.82, 2.24) is 4.98 Å². The maximum absolute atomic E-state index is 10.7. The third kappa shape index (κ3) is 2.47. The Balaban J connectivity index is 2.93. The van der Waals surface area contributed by atoms with Gasteiger partial charge in [0.05, 0.1) is 0 Å². The highest BCUT2D eigenvalue weighted by atomic mass is 35.5. The molecule has 12 heavy (non-hydrogen) atoms. The topological polar surface area (TPSA) is 30.0 Å². The van der Waals surface area contributed by atoms with Crippen molar-refractivity contribution in [3.05, 3.63) is 28.0 Å². The average Bonchev–Trinajstić information content (AvgIpc) is 1.94. The number of halogens is 2. The van der Waals surface area contributed by atoms with E-state index in [1.165, 1.54) is 19.2 Å². The second-order valence-electron chi connectivity index (χ2n) is 2.48. The first-order chi connectivity index (χ1) is 5.59. The molecular formula is C8H7Cl2NO. The Morgan fingerprint density at radius 2 is 2.25 bits per heavy atom. The van der Waals surface area contributed by atoms with Crippen LogP contribution in [0.4, 0.5) is 0 Å². The summed E-state index contributed by atoms with van der Waals surface area (Å²) in [4.78, 5) is 14.6. The standard InChI is InChI=1S/C8H7Cl2NO/c1-5(12)2-6-4-11-8(10)3-7(6)9/h3-4H,2H2,1H3. The number of carbonyl (C=O) groups excluding carboxylic acids is 1. The van der Waals surface area contributed by atoms with E-state index in [2.05, 4.69) is 4.98 Å². The lowest BCUT2D eigenvalue weighted by Gasteiger charge is -2.00. The van der Waals surface area contributed by atoms with Crippen LogP contribution in [0.1, 0.15) is 12.5 Å². The van der Waals surface area contributed by atoms with Crippen LogP contribution in [0.15, 0.2) is 12.3 Å². The van der Waals surface area contributed by atoms with Crippen molar-refractivity contribution in [2.45, 2.75) is 13.3 Å². The molecule has 0 amide bonds. The van der Waals surface area contributed by atoms with Crippen molar-refractivity contribution >= 4 is 29.0 Å². The van der Waals surface area contributed by atoms with Crippen molar-refractivity contribution in [3.8, 4) is 0 Å². The van der Waals surface area contributed by atoms with Crippen LogP contribution in [0.2, 0.25) is 10.2 Å². The molecule has 0 unspecified atom stereocenters. The Morgan fingerprint density at radius 3 is 2.75 bits per heavy atom. The lowest BCUT2D eigenvalue weighted by Crippen LogP contribution is -1.97. The molecule has 0 saturated heterocycles. The molecule has 0 aliphatic heterocycles. The lowest BCUT2D eigenvalue weighted by molar-refractivity contribution is -0.116. The van der Waals surface area contributed by atoms with E-state index in [0.717, 1.165) is 0 Å². The predicted molar refractivity (Wildman–Crippen MR) is 48.6 cm³/mol. The first-order valence-corrected chi connectivity index (χ1v) is 4.14. The molecule has 0 aliphatic rings. The Kier molecular flexibility index (Phi) is 3.06. The van der Waals surface area contributed by atoms with Crippen molar-refractivity contribution < 1.29 is 4.79 Å². The number of hydrogen-bond acceptors (Lipinski definition) is 2. The van der Waals surface area contributed by atoms with Crippen LogP contribution in [-0.2, 0) is 11.2 Å². The van der Waals surface area contributed by atoms with Gasteiger partial charge in [0.25, 0.3) is 0 Å². The predicted octanol–water partition coefficient (Wildman–Crippen LogP) is 2.52. The van der Waals surface area contributed by atoms with Crippen LogP contribution in [0.25, 0.3) is 0 Å². The fourth-order valence-corrected chi connectivity index (χ4v) is 1.27. The molecule has 2 nitrogen and oxygen atoms in total. The fourth-order valence-electron chi connectivity index (χ4n) is 0.834. The SMILES string of the molecule is CC(=O)Cc1cnc(Cl)cc1Cl. The smallest absolute Gasteiger partial charge is 0.134 e. The molecule has 0 fully saturated rings. The Hall–Kier alpha value is -0.600. The van der Waals surface area contributed by atoms with E-state index in [1.54, 1.807) is 0 Å². The van der Waals surface area contributed by atoms with Crippen LogP contribution in [0.5, 0.6) is 0 Å². The van der Waals surface area contributed by atoms with Gasteiger partial charge in [-0.3, -0.25) is 4.79 Å². The van der Waals surface area contributed by atoms with Gasteiger partial charge in [-0.15, -0.1) is 0 Å². The number of ketones is 1. The van der Waals surface area contributed by atoms with Gasteiger partial charge < -0.3 is 0 Å². The van der Waals surface area contributed by atoms with E-state index in [0.29, 0.717) is 22.2 Å². The van der Waals surface area contributed by atoms with E-state index in [-0.39, 0.29) is 5.78 Å². The average molecular weight is 204 g/mol. The van der Waals surface area contributed by atoms with Gasteiger partial charge in [0.2, 0.25) is 0 Å². The summed E-state index contributed by atoms with van der Waals surface area (Å²) in [7, 11) is 0. The monoisotopic (exact) mass is 203 g/mol. The molecule has 0 saturated carbocycles. The molecule has 1 aromatic rings. The third-order valence-corrected chi connectivity index (χ3v) is 1.89. The molecule has 1 aromatic heterocycles. The van der Waals surface area contributed by atoms with Crippen LogP contribution in [0.3, 0.4) is 0 Å². The van der Waals surface area contributed by atoms with E-state index in [4.69, 9.17) is 23.2 Å². The molecule has 1 rings (SSSR count). The summed E-state index contributed by atoms with van der Waals surface area (Å²) >= 11 is 11.4. The second-order valence-corrected chi connectivity index (χ2v) is 3.27. The van der Waals surface area contributed by atoms with E-state index < -0.39 is 0 Å². The zero-order valence-electron chi connectivity index (χ0n) is 6.47. The number of nitrogens with zero attached hydrogens (tertiary/aromatic N) is 1. The highest BCUT2D eigenvalue weighted by molar-refractivity contribution is 6.34. The van der Waals surface area contributed by atoms with Gasteiger partial charge in [-0.25, -0.2) is 4.98 Å². The third-order valence-electron chi connectivity index (χ3n) is 1.34. The van der Waals surface area contributed by atoms with Gasteiger partial charge in [-0.1, -0.05) is 23.2 Å². The summed E-state index contributed by atoms with van der Waals surface area (Å²) in [6.07, 6.45) is 1.83. The van der Waals surface area contributed by atoms with Crippen LogP contribution in [0, 0.1) is 0 Å². The Morgan fingerprint density at radius 1 is 1.58 bits per heavy atom. The number of hydrogen-bond donors (Lipinski definition) is 0. The number of Topliss-reactive ketones (excluding diaryl/α,β-unsaturated/α-hetero) is 1. The fraction of sp³-hybridized carbons (Fsp3) is 0.250. The maximum Gasteiger partial charge on any atom is 0.134 e. The highest BCUT2D eigenvalue weighted by Gasteiger charge is 2.04. The summed E-state index contributed by atoms with van der Waals surface area (Å²) < 4.78 is 0. The van der Waals surface area contributed by atoms with Gasteiger partial charge in [0, 0.05) is 17.6 Å². The molecule has 64 valence electrons. The summed E-state index contributed by atoms with van der Waals surface area (Å²) in [6.45, 7) is 1.50. The number of rotatable bonds is 2. The van der Waals surface area contributed by atoms with E-state index in [9.17, 15) is 4.79 Å². The van der Waals surface area contributed by atoms with Crippen LogP contribution >= 0.6 is 23.2 Å². The molecule has 4 heteroatoms. The summed E-state index contributed by atoms with van der Waals surface area (Å²) in [5.74, 6) is 0.0565. The molecule has 0 aromatic carbocycles. The largest absolute Gasteiger partial charge is 0.300 e. The first kappa shape index (κ1) is 9.49. The van der Waals surface area contributed by atoms with Crippen molar-refractivity contribution in [2.75, 3.05) is 0 Å². The minimum absolute atomic E-state index is 0.0565. The Bertz CT molecular complexity index is 312. The van der Waals surface area contributed by atoms with Gasteiger partial charge >= 0.3 is 0 Å². The first-order valence-electron chi connectivity index (χ1n) is 3.39. The van der Waals surface area contributed by atoms with Crippen LogP contribution < -0.4 is 0 Å². The maximum atomic E-state index is 10.7. The van der Waals surface area contributed by atoms with Gasteiger partial charge in [-0.05, 0) is 18.6 Å². The molecule has 1 heterocycles. The minimum atomic E-state index is 0.0565. The second kappa shape index (κ2) is 3.87. The molecule has 0 N–H and O–H groups in total.